The molecular weight excluding hydrogens is 442 g/mol. The molecule has 29 heavy (non-hydrogen) atoms. The number of carboxylic acids is 1. The van der Waals surface area contributed by atoms with E-state index in [1.54, 1.807) is 31.2 Å². The maximum atomic E-state index is 13.8. The lowest BCUT2D eigenvalue weighted by atomic mass is 9.75. The summed E-state index contributed by atoms with van der Waals surface area (Å²) in [5.41, 5.74) is 0.297. The number of rotatable bonds is 5. The number of carbonyl (C=O) groups is 2. The first-order chi connectivity index (χ1) is 13.9. The fourth-order valence-electron chi connectivity index (χ4n) is 4.37. The molecule has 3 N–H and O–H groups in total. The molecule has 0 bridgehead atoms. The number of fused-ring (bicyclic) bond motifs is 2. The zero-order valence-corrected chi connectivity index (χ0v) is 17.3. The lowest BCUT2D eigenvalue weighted by Crippen LogP contribution is -2.50. The van der Waals surface area contributed by atoms with Gasteiger partial charge in [-0.15, -0.1) is 0 Å². The van der Waals surface area contributed by atoms with Crippen LogP contribution in [0.1, 0.15) is 30.0 Å². The molecule has 0 saturated heterocycles. The van der Waals surface area contributed by atoms with E-state index in [0.29, 0.717) is 34.5 Å². The quantitative estimate of drug-likeness (QED) is 0.631. The molecule has 2 aliphatic rings. The summed E-state index contributed by atoms with van der Waals surface area (Å²) in [5.74, 6) is -1.34. The van der Waals surface area contributed by atoms with E-state index in [1.165, 1.54) is 11.0 Å². The molecule has 0 spiro atoms. The van der Waals surface area contributed by atoms with Gasteiger partial charge in [0.25, 0.3) is 0 Å². The molecule has 1 amide bonds. The Labute approximate surface area is 175 Å². The Morgan fingerprint density at radius 1 is 1.38 bits per heavy atom. The fraction of sp³-hybridized carbons (Fsp3) is 0.333. The summed E-state index contributed by atoms with van der Waals surface area (Å²) >= 11 is 3.47. The number of aliphatic hydroxyl groups excluding tert-OH is 1. The number of anilines is 1. The molecular formula is C21H20BrNO6. The molecule has 2 unspecified atom stereocenters. The number of benzene rings is 2. The molecule has 0 saturated carbocycles. The van der Waals surface area contributed by atoms with Gasteiger partial charge in [-0.3, -0.25) is 9.69 Å². The van der Waals surface area contributed by atoms with Crippen LogP contribution in [0, 0.1) is 0 Å². The van der Waals surface area contributed by atoms with Crippen LogP contribution in [0.3, 0.4) is 0 Å². The Morgan fingerprint density at radius 2 is 2.14 bits per heavy atom. The Hall–Kier alpha value is -2.58. The minimum atomic E-state index is -1.62. The van der Waals surface area contributed by atoms with Gasteiger partial charge in [-0.2, -0.15) is 0 Å². The van der Waals surface area contributed by atoms with Gasteiger partial charge in [0, 0.05) is 28.1 Å². The number of amides is 1. The van der Waals surface area contributed by atoms with Crippen LogP contribution in [0.2, 0.25) is 0 Å². The van der Waals surface area contributed by atoms with Crippen molar-refractivity contribution in [2.75, 3.05) is 18.1 Å². The largest absolute Gasteiger partial charge is 0.507 e. The smallest absolute Gasteiger partial charge is 0.326 e. The summed E-state index contributed by atoms with van der Waals surface area (Å²) < 4.78 is 6.04. The molecule has 2 aromatic rings. The topological polar surface area (TPSA) is 107 Å². The molecule has 0 aromatic heterocycles. The van der Waals surface area contributed by atoms with Crippen molar-refractivity contribution in [3.63, 3.8) is 0 Å². The maximum absolute atomic E-state index is 13.8. The average Bonchev–Trinajstić information content (AvgIpc) is 3.23. The number of halogens is 1. The number of carboxylic acid groups (broad SMARTS) is 1. The SMILES string of the molecule is CCC(C(=O)O)N1C(=O)C(CO)(c2cc3c(cc2O)OCC3)c2c(Br)cccc21. The Balaban J connectivity index is 2.02. The molecule has 2 heterocycles. The third kappa shape index (κ3) is 2.66. The minimum Gasteiger partial charge on any atom is -0.507 e. The van der Waals surface area contributed by atoms with E-state index < -0.39 is 29.9 Å². The summed E-state index contributed by atoms with van der Waals surface area (Å²) in [7, 11) is 0. The van der Waals surface area contributed by atoms with E-state index in [1.807, 2.05) is 0 Å². The van der Waals surface area contributed by atoms with Gasteiger partial charge < -0.3 is 20.1 Å². The number of hydrogen-bond acceptors (Lipinski definition) is 5. The van der Waals surface area contributed by atoms with Gasteiger partial charge in [0.15, 0.2) is 0 Å². The third-order valence-corrected chi connectivity index (χ3v) is 6.41. The van der Waals surface area contributed by atoms with Crippen molar-refractivity contribution in [3.05, 3.63) is 51.5 Å². The number of ether oxygens (including phenoxy) is 1. The second-order valence-corrected chi connectivity index (χ2v) is 8.06. The lowest BCUT2D eigenvalue weighted by molar-refractivity contribution is -0.140. The second kappa shape index (κ2) is 7.03. The number of aliphatic carboxylic acids is 1. The van der Waals surface area contributed by atoms with Gasteiger partial charge in [0.2, 0.25) is 5.91 Å². The monoisotopic (exact) mass is 461 g/mol. The summed E-state index contributed by atoms with van der Waals surface area (Å²) in [6.45, 7) is 1.54. The van der Waals surface area contributed by atoms with Crippen LogP contribution >= 0.6 is 15.9 Å². The number of aromatic hydroxyl groups is 1. The average molecular weight is 462 g/mol. The van der Waals surface area contributed by atoms with Gasteiger partial charge in [-0.05, 0) is 30.2 Å². The molecule has 152 valence electrons. The van der Waals surface area contributed by atoms with Crippen molar-refractivity contribution >= 4 is 33.5 Å². The fourth-order valence-corrected chi connectivity index (χ4v) is 5.07. The highest BCUT2D eigenvalue weighted by molar-refractivity contribution is 9.10. The van der Waals surface area contributed by atoms with Crippen molar-refractivity contribution in [1.82, 2.24) is 0 Å². The highest BCUT2D eigenvalue weighted by Crippen LogP contribution is 2.53. The van der Waals surface area contributed by atoms with Crippen LogP contribution in [-0.4, -0.2) is 46.5 Å². The molecule has 4 rings (SSSR count). The normalized spacial score (nSPS) is 20.9. The number of aliphatic hydroxyl groups is 1. The number of hydrogen-bond donors (Lipinski definition) is 3. The maximum Gasteiger partial charge on any atom is 0.326 e. The summed E-state index contributed by atoms with van der Waals surface area (Å²) in [4.78, 5) is 26.9. The molecule has 2 aliphatic heterocycles. The number of nitrogens with zero attached hydrogens (tertiary/aromatic N) is 1. The van der Waals surface area contributed by atoms with E-state index >= 15 is 0 Å². The predicted octanol–water partition coefficient (Wildman–Crippen LogP) is 2.58. The number of phenols is 1. The van der Waals surface area contributed by atoms with Crippen molar-refractivity contribution in [3.8, 4) is 11.5 Å². The van der Waals surface area contributed by atoms with Crippen LogP contribution in [0.25, 0.3) is 0 Å². The van der Waals surface area contributed by atoms with Crippen LogP contribution in [-0.2, 0) is 21.4 Å². The molecule has 0 fully saturated rings. The van der Waals surface area contributed by atoms with Gasteiger partial charge in [0.1, 0.15) is 23.0 Å². The Morgan fingerprint density at radius 3 is 2.79 bits per heavy atom. The van der Waals surface area contributed by atoms with Gasteiger partial charge in [-0.25, -0.2) is 4.79 Å². The van der Waals surface area contributed by atoms with Crippen molar-refractivity contribution in [2.45, 2.75) is 31.2 Å². The second-order valence-electron chi connectivity index (χ2n) is 7.21. The highest BCUT2D eigenvalue weighted by atomic mass is 79.9. The first-order valence-electron chi connectivity index (χ1n) is 9.32. The Bertz CT molecular complexity index is 1020. The van der Waals surface area contributed by atoms with Crippen LogP contribution in [0.5, 0.6) is 11.5 Å². The lowest BCUT2D eigenvalue weighted by Gasteiger charge is -2.30. The summed E-state index contributed by atoms with van der Waals surface area (Å²) in [5, 5.41) is 31.0. The zero-order valence-electron chi connectivity index (χ0n) is 15.7. The van der Waals surface area contributed by atoms with E-state index in [-0.39, 0.29) is 17.7 Å². The minimum absolute atomic E-state index is 0.181. The first-order valence-corrected chi connectivity index (χ1v) is 10.1. The number of phenolic OH excluding ortho intramolecular Hbond substituents is 1. The van der Waals surface area contributed by atoms with Crippen LogP contribution in [0.4, 0.5) is 5.69 Å². The molecule has 2 atom stereocenters. The van der Waals surface area contributed by atoms with Crippen LogP contribution < -0.4 is 9.64 Å². The van der Waals surface area contributed by atoms with Crippen molar-refractivity contribution in [2.24, 2.45) is 0 Å². The van der Waals surface area contributed by atoms with Crippen LogP contribution in [0.15, 0.2) is 34.8 Å². The van der Waals surface area contributed by atoms with E-state index in [4.69, 9.17) is 4.74 Å². The van der Waals surface area contributed by atoms with Gasteiger partial charge >= 0.3 is 5.97 Å². The molecule has 7 nitrogen and oxygen atoms in total. The standard InChI is InChI=1S/C21H20BrNO6/c1-2-14(19(26)27)23-15-5-3-4-13(22)18(15)21(10-24,20(23)28)12-8-11-6-7-29-17(11)9-16(12)25/h3-5,8-9,14,24-25H,2,6-7,10H2,1H3,(H,26,27). The van der Waals surface area contributed by atoms with E-state index in [0.717, 1.165) is 5.56 Å². The number of carbonyl (C=O) groups excluding carboxylic acids is 1. The van der Waals surface area contributed by atoms with Crippen molar-refractivity contribution in [1.29, 1.82) is 0 Å². The summed E-state index contributed by atoms with van der Waals surface area (Å²) in [6, 6.07) is 7.14. The predicted molar refractivity (Wildman–Crippen MR) is 109 cm³/mol. The molecule has 0 radical (unpaired) electrons. The summed E-state index contributed by atoms with van der Waals surface area (Å²) in [6.07, 6.45) is 0.816. The molecule has 8 heteroatoms. The van der Waals surface area contributed by atoms with Gasteiger partial charge in [0.05, 0.1) is 18.9 Å². The highest BCUT2D eigenvalue weighted by Gasteiger charge is 2.56. The first kappa shape index (κ1) is 19.7. The van der Waals surface area contributed by atoms with Crippen molar-refractivity contribution < 1.29 is 29.6 Å². The van der Waals surface area contributed by atoms with E-state index in [9.17, 15) is 24.9 Å². The molecule has 0 aliphatic carbocycles. The van der Waals surface area contributed by atoms with E-state index in [2.05, 4.69) is 15.9 Å². The van der Waals surface area contributed by atoms with Gasteiger partial charge in [-0.1, -0.05) is 28.9 Å². The zero-order chi connectivity index (χ0) is 20.9. The Kier molecular flexibility index (Phi) is 4.78. The third-order valence-electron chi connectivity index (χ3n) is 5.75. The molecule has 2 aromatic carbocycles.